The van der Waals surface area contributed by atoms with Crippen LogP contribution in [0, 0.1) is 0 Å². The van der Waals surface area contributed by atoms with Gasteiger partial charge in [0.05, 0.1) is 32.7 Å². The fraction of sp³-hybridized carbons (Fsp3) is 0.273. The molecule has 0 aliphatic heterocycles. The van der Waals surface area contributed by atoms with Crippen LogP contribution in [0.25, 0.3) is 22.5 Å². The number of aromatic nitrogens is 2. The van der Waals surface area contributed by atoms with Crippen molar-refractivity contribution < 1.29 is 19.0 Å². The molecule has 0 aliphatic rings. The summed E-state index contributed by atoms with van der Waals surface area (Å²) in [5, 5.41) is 7.44. The normalized spacial score (nSPS) is 10.5. The Bertz CT molecular complexity index is 984. The van der Waals surface area contributed by atoms with Crippen LogP contribution in [0.3, 0.4) is 0 Å². The van der Waals surface area contributed by atoms with Gasteiger partial charge < -0.3 is 19.5 Å². The molecule has 1 N–H and O–H groups in total. The molecule has 7 heteroatoms. The van der Waals surface area contributed by atoms with Gasteiger partial charge in [-0.3, -0.25) is 9.48 Å². The number of hydrogen-bond donors (Lipinski definition) is 1. The van der Waals surface area contributed by atoms with E-state index in [0.29, 0.717) is 23.8 Å². The Labute approximate surface area is 170 Å². The van der Waals surface area contributed by atoms with Crippen molar-refractivity contribution in [1.29, 1.82) is 0 Å². The first-order chi connectivity index (χ1) is 14.0. The molecule has 3 aromatic rings. The molecule has 0 aliphatic carbocycles. The topological polar surface area (TPSA) is 74.6 Å². The van der Waals surface area contributed by atoms with Crippen LogP contribution in [0.4, 0.5) is 0 Å². The second-order valence-corrected chi connectivity index (χ2v) is 6.56. The fourth-order valence-corrected chi connectivity index (χ4v) is 3.13. The highest BCUT2D eigenvalue weighted by Gasteiger charge is 2.17. The van der Waals surface area contributed by atoms with E-state index >= 15 is 0 Å². The van der Waals surface area contributed by atoms with Gasteiger partial charge in [0.25, 0.3) is 0 Å². The molecule has 1 heterocycles. The van der Waals surface area contributed by atoms with Crippen LogP contribution in [0.2, 0.25) is 0 Å². The molecule has 29 heavy (non-hydrogen) atoms. The SMILES string of the molecule is COc1cc(-c2cc(-c3ccc(CNC(C)=O)cc3)nn2C)cc(OC)c1OC. The standard InChI is InChI=1S/C22H25N3O4/c1-14(26)23-13-15-6-8-16(9-7-15)18-12-19(25(2)24-18)17-10-20(27-3)22(29-5)21(11-17)28-4/h6-12H,13H2,1-5H3,(H,23,26). The summed E-state index contributed by atoms with van der Waals surface area (Å²) in [5.41, 5.74) is 4.70. The van der Waals surface area contributed by atoms with Crippen LogP contribution in [-0.4, -0.2) is 37.0 Å². The second kappa shape index (κ2) is 8.68. The second-order valence-electron chi connectivity index (χ2n) is 6.56. The molecule has 0 fully saturated rings. The Morgan fingerprint density at radius 1 is 0.966 bits per heavy atom. The minimum Gasteiger partial charge on any atom is -0.493 e. The molecule has 0 saturated carbocycles. The average Bonchev–Trinajstić information content (AvgIpc) is 3.13. The highest BCUT2D eigenvalue weighted by atomic mass is 16.5. The van der Waals surface area contributed by atoms with Crippen LogP contribution < -0.4 is 19.5 Å². The van der Waals surface area contributed by atoms with Crippen LogP contribution >= 0.6 is 0 Å². The number of hydrogen-bond acceptors (Lipinski definition) is 5. The predicted molar refractivity (Wildman–Crippen MR) is 111 cm³/mol. The summed E-state index contributed by atoms with van der Waals surface area (Å²) >= 11 is 0. The summed E-state index contributed by atoms with van der Waals surface area (Å²) in [6.45, 7) is 2.02. The lowest BCUT2D eigenvalue weighted by Crippen LogP contribution is -2.18. The molecule has 1 aromatic heterocycles. The third kappa shape index (κ3) is 4.34. The van der Waals surface area contributed by atoms with Crippen molar-refractivity contribution in [2.75, 3.05) is 21.3 Å². The third-order valence-corrected chi connectivity index (χ3v) is 4.63. The van der Waals surface area contributed by atoms with Gasteiger partial charge >= 0.3 is 0 Å². The zero-order chi connectivity index (χ0) is 21.0. The average molecular weight is 395 g/mol. The first-order valence-electron chi connectivity index (χ1n) is 9.15. The maximum Gasteiger partial charge on any atom is 0.217 e. The van der Waals surface area contributed by atoms with Crippen molar-refractivity contribution in [2.45, 2.75) is 13.5 Å². The van der Waals surface area contributed by atoms with E-state index in [-0.39, 0.29) is 5.91 Å². The van der Waals surface area contributed by atoms with Gasteiger partial charge in [0.2, 0.25) is 11.7 Å². The van der Waals surface area contributed by atoms with Crippen LogP contribution in [0.5, 0.6) is 17.2 Å². The van der Waals surface area contributed by atoms with E-state index in [9.17, 15) is 4.79 Å². The van der Waals surface area contributed by atoms with E-state index in [1.807, 2.05) is 54.2 Å². The quantitative estimate of drug-likeness (QED) is 0.664. The van der Waals surface area contributed by atoms with E-state index in [1.165, 1.54) is 6.92 Å². The number of carbonyl (C=O) groups is 1. The van der Waals surface area contributed by atoms with Crippen molar-refractivity contribution in [2.24, 2.45) is 7.05 Å². The molecular weight excluding hydrogens is 370 g/mol. The fourth-order valence-electron chi connectivity index (χ4n) is 3.13. The van der Waals surface area contributed by atoms with E-state index in [4.69, 9.17) is 14.2 Å². The van der Waals surface area contributed by atoms with E-state index < -0.39 is 0 Å². The number of nitrogens with zero attached hydrogens (tertiary/aromatic N) is 2. The number of aryl methyl sites for hydroxylation is 1. The van der Waals surface area contributed by atoms with Crippen molar-refractivity contribution in [3.8, 4) is 39.8 Å². The molecule has 1 amide bonds. The largest absolute Gasteiger partial charge is 0.493 e. The zero-order valence-corrected chi connectivity index (χ0v) is 17.3. The Kier molecular flexibility index (Phi) is 6.07. The molecule has 2 aromatic carbocycles. The number of amides is 1. The molecule has 0 unspecified atom stereocenters. The van der Waals surface area contributed by atoms with Crippen molar-refractivity contribution in [3.63, 3.8) is 0 Å². The number of methoxy groups -OCH3 is 3. The molecule has 0 radical (unpaired) electrons. The van der Waals surface area contributed by atoms with Gasteiger partial charge in [-0.2, -0.15) is 5.10 Å². The lowest BCUT2D eigenvalue weighted by atomic mass is 10.1. The molecule has 0 atom stereocenters. The highest BCUT2D eigenvalue weighted by Crippen LogP contribution is 2.41. The van der Waals surface area contributed by atoms with Crippen LogP contribution in [0.15, 0.2) is 42.5 Å². The van der Waals surface area contributed by atoms with E-state index in [2.05, 4.69) is 10.4 Å². The summed E-state index contributed by atoms with van der Waals surface area (Å²) in [6.07, 6.45) is 0. The smallest absolute Gasteiger partial charge is 0.217 e. The first kappa shape index (κ1) is 20.3. The molecule has 7 nitrogen and oxygen atoms in total. The molecular formula is C22H25N3O4. The third-order valence-electron chi connectivity index (χ3n) is 4.63. The van der Waals surface area contributed by atoms with Crippen LogP contribution in [0.1, 0.15) is 12.5 Å². The van der Waals surface area contributed by atoms with Crippen LogP contribution in [-0.2, 0) is 18.4 Å². The lowest BCUT2D eigenvalue weighted by Gasteiger charge is -2.14. The Morgan fingerprint density at radius 2 is 1.59 bits per heavy atom. The Morgan fingerprint density at radius 3 is 2.10 bits per heavy atom. The molecule has 152 valence electrons. The number of rotatable bonds is 7. The molecule has 0 bridgehead atoms. The van der Waals surface area contributed by atoms with Crippen molar-refractivity contribution >= 4 is 5.91 Å². The van der Waals surface area contributed by atoms with Gasteiger partial charge in [-0.25, -0.2) is 0 Å². The van der Waals surface area contributed by atoms with E-state index in [0.717, 1.165) is 28.1 Å². The number of benzene rings is 2. The van der Waals surface area contributed by atoms with Gasteiger partial charge in [0, 0.05) is 31.6 Å². The Hall–Kier alpha value is -3.48. The maximum atomic E-state index is 11.1. The van der Waals surface area contributed by atoms with Crippen molar-refractivity contribution in [3.05, 3.63) is 48.0 Å². The number of carbonyl (C=O) groups excluding carboxylic acids is 1. The van der Waals surface area contributed by atoms with Crippen molar-refractivity contribution in [1.82, 2.24) is 15.1 Å². The Balaban J connectivity index is 1.94. The monoisotopic (exact) mass is 395 g/mol. The first-order valence-corrected chi connectivity index (χ1v) is 9.15. The maximum absolute atomic E-state index is 11.1. The summed E-state index contributed by atoms with van der Waals surface area (Å²) in [7, 11) is 6.67. The minimum atomic E-state index is -0.0474. The van der Waals surface area contributed by atoms with Gasteiger partial charge in [0.1, 0.15) is 0 Å². The number of ether oxygens (including phenoxy) is 3. The molecule has 0 spiro atoms. The highest BCUT2D eigenvalue weighted by molar-refractivity contribution is 5.74. The zero-order valence-electron chi connectivity index (χ0n) is 17.3. The summed E-state index contributed by atoms with van der Waals surface area (Å²) in [5.74, 6) is 1.68. The minimum absolute atomic E-state index is 0.0474. The summed E-state index contributed by atoms with van der Waals surface area (Å²) in [4.78, 5) is 11.1. The van der Waals surface area contributed by atoms with E-state index in [1.54, 1.807) is 21.3 Å². The number of nitrogens with one attached hydrogen (secondary N) is 1. The van der Waals surface area contributed by atoms with Gasteiger partial charge in [-0.1, -0.05) is 24.3 Å². The van der Waals surface area contributed by atoms with Gasteiger partial charge in [-0.05, 0) is 23.8 Å². The van der Waals surface area contributed by atoms with Gasteiger partial charge in [-0.15, -0.1) is 0 Å². The van der Waals surface area contributed by atoms with Gasteiger partial charge in [0.15, 0.2) is 11.5 Å². The summed E-state index contributed by atoms with van der Waals surface area (Å²) < 4.78 is 18.1. The summed E-state index contributed by atoms with van der Waals surface area (Å²) in [6, 6.07) is 13.8. The molecule has 0 saturated heterocycles. The lowest BCUT2D eigenvalue weighted by molar-refractivity contribution is -0.119. The molecule has 3 rings (SSSR count). The predicted octanol–water partition coefficient (Wildman–Crippen LogP) is 3.42.